The molecule has 2 N–H and O–H groups in total. The molecule has 2 aromatic carbocycles. The summed E-state index contributed by atoms with van der Waals surface area (Å²) in [5.74, 6) is -3.45. The number of amides is 2. The van der Waals surface area contributed by atoms with Crippen LogP contribution in [0.15, 0.2) is 47.4 Å². The van der Waals surface area contributed by atoms with E-state index in [1.165, 1.54) is 18.2 Å². The molecule has 1 fully saturated rings. The Morgan fingerprint density at radius 2 is 1.96 bits per heavy atom. The molecule has 2 amide bonds. The fourth-order valence-electron chi connectivity index (χ4n) is 2.76. The first-order chi connectivity index (χ1) is 13.4. The normalized spacial score (nSPS) is 16.2. The summed E-state index contributed by atoms with van der Waals surface area (Å²) < 4.78 is 30.9. The number of nitrogens with one attached hydrogen (secondary N) is 2. The molecular formula is C19H17ClF2N2O3S. The van der Waals surface area contributed by atoms with Gasteiger partial charge in [-0.05, 0) is 43.2 Å². The summed E-state index contributed by atoms with van der Waals surface area (Å²) in [6.45, 7) is 0.555. The highest BCUT2D eigenvalue weighted by atomic mass is 35.5. The Morgan fingerprint density at radius 3 is 2.68 bits per heavy atom. The summed E-state index contributed by atoms with van der Waals surface area (Å²) in [5.41, 5.74) is 0.899. The van der Waals surface area contributed by atoms with E-state index in [4.69, 9.17) is 16.3 Å². The Bertz CT molecular complexity index is 876. The number of ether oxygens (including phenoxy) is 1. The lowest BCUT2D eigenvalue weighted by atomic mass is 10.1. The Morgan fingerprint density at radius 1 is 1.18 bits per heavy atom. The fourth-order valence-corrected chi connectivity index (χ4v) is 3.67. The fraction of sp³-hybridized carbons (Fsp3) is 0.263. The van der Waals surface area contributed by atoms with E-state index in [1.54, 1.807) is 24.3 Å². The molecule has 0 aliphatic carbocycles. The molecular weight excluding hydrogens is 410 g/mol. The van der Waals surface area contributed by atoms with Gasteiger partial charge in [0.2, 0.25) is 0 Å². The standard InChI is InChI=1S/C19H17ClF2N2O3S/c20-13-6-2-7-14(16(13)28-19(21)22)24-17(25)11-4-1-5-12(10-11)23-18(26)15-8-3-9-27-15/h1-2,4-7,10,15,19H,3,8-9H2,(H,23,26)(H,24,25). The van der Waals surface area contributed by atoms with Crippen molar-refractivity contribution in [2.75, 3.05) is 17.2 Å². The molecule has 3 rings (SSSR count). The van der Waals surface area contributed by atoms with E-state index in [0.29, 0.717) is 18.7 Å². The third-order valence-electron chi connectivity index (χ3n) is 4.04. The van der Waals surface area contributed by atoms with Crippen molar-refractivity contribution in [3.05, 3.63) is 53.1 Å². The molecule has 9 heteroatoms. The topological polar surface area (TPSA) is 67.4 Å². The summed E-state index contributed by atoms with van der Waals surface area (Å²) >= 11 is 6.25. The van der Waals surface area contributed by atoms with Crippen molar-refractivity contribution in [1.82, 2.24) is 0 Å². The summed E-state index contributed by atoms with van der Waals surface area (Å²) in [7, 11) is 0. The molecule has 1 saturated heterocycles. The largest absolute Gasteiger partial charge is 0.368 e. The van der Waals surface area contributed by atoms with E-state index in [9.17, 15) is 18.4 Å². The highest BCUT2D eigenvalue weighted by molar-refractivity contribution is 7.99. The minimum Gasteiger partial charge on any atom is -0.368 e. The molecule has 5 nitrogen and oxygen atoms in total. The average Bonchev–Trinajstić information content (AvgIpc) is 3.19. The van der Waals surface area contributed by atoms with E-state index in [1.807, 2.05) is 0 Å². The van der Waals surface area contributed by atoms with Gasteiger partial charge in [0.15, 0.2) is 0 Å². The van der Waals surface area contributed by atoms with Crippen molar-refractivity contribution in [2.45, 2.75) is 29.6 Å². The van der Waals surface area contributed by atoms with Gasteiger partial charge in [0.25, 0.3) is 17.6 Å². The monoisotopic (exact) mass is 426 g/mol. The van der Waals surface area contributed by atoms with Gasteiger partial charge in [-0.1, -0.05) is 35.5 Å². The maximum atomic E-state index is 12.8. The molecule has 2 aromatic rings. The summed E-state index contributed by atoms with van der Waals surface area (Å²) in [6.07, 6.45) is 1.00. The minimum absolute atomic E-state index is 0.0929. The van der Waals surface area contributed by atoms with Crippen LogP contribution in [-0.2, 0) is 9.53 Å². The number of hydrogen-bond donors (Lipinski definition) is 2. The van der Waals surface area contributed by atoms with Crippen LogP contribution in [0.5, 0.6) is 0 Å². The van der Waals surface area contributed by atoms with Crippen molar-refractivity contribution in [1.29, 1.82) is 0 Å². The van der Waals surface area contributed by atoms with Crippen LogP contribution >= 0.6 is 23.4 Å². The van der Waals surface area contributed by atoms with E-state index in [-0.39, 0.29) is 38.8 Å². The number of anilines is 2. The molecule has 0 aromatic heterocycles. The lowest BCUT2D eigenvalue weighted by molar-refractivity contribution is -0.124. The van der Waals surface area contributed by atoms with Crippen LogP contribution in [-0.4, -0.2) is 30.3 Å². The van der Waals surface area contributed by atoms with E-state index >= 15 is 0 Å². The zero-order valence-electron chi connectivity index (χ0n) is 14.6. The molecule has 148 valence electrons. The predicted molar refractivity (Wildman–Crippen MR) is 105 cm³/mol. The van der Waals surface area contributed by atoms with Crippen LogP contribution in [0.1, 0.15) is 23.2 Å². The quantitative estimate of drug-likeness (QED) is 0.636. The minimum atomic E-state index is -2.67. The van der Waals surface area contributed by atoms with Gasteiger partial charge in [0.05, 0.1) is 15.6 Å². The zero-order valence-corrected chi connectivity index (χ0v) is 16.2. The molecule has 28 heavy (non-hydrogen) atoms. The highest BCUT2D eigenvalue weighted by Gasteiger charge is 2.23. The number of benzene rings is 2. The van der Waals surface area contributed by atoms with Gasteiger partial charge in [0.1, 0.15) is 6.10 Å². The van der Waals surface area contributed by atoms with Crippen LogP contribution in [0.2, 0.25) is 5.02 Å². The van der Waals surface area contributed by atoms with Gasteiger partial charge in [-0.15, -0.1) is 0 Å². The molecule has 0 bridgehead atoms. The van der Waals surface area contributed by atoms with Crippen LogP contribution in [0.3, 0.4) is 0 Å². The molecule has 0 saturated carbocycles. The van der Waals surface area contributed by atoms with E-state index in [0.717, 1.165) is 6.42 Å². The number of carbonyl (C=O) groups is 2. The first kappa shape index (κ1) is 20.6. The number of rotatable bonds is 6. The third kappa shape index (κ3) is 5.21. The maximum absolute atomic E-state index is 12.8. The van der Waals surface area contributed by atoms with Gasteiger partial charge in [0, 0.05) is 17.9 Å². The lowest BCUT2D eigenvalue weighted by Crippen LogP contribution is -2.27. The van der Waals surface area contributed by atoms with Gasteiger partial charge >= 0.3 is 0 Å². The van der Waals surface area contributed by atoms with Gasteiger partial charge in [-0.2, -0.15) is 8.78 Å². The van der Waals surface area contributed by atoms with E-state index < -0.39 is 17.8 Å². The van der Waals surface area contributed by atoms with E-state index in [2.05, 4.69) is 10.6 Å². The van der Waals surface area contributed by atoms with Crippen molar-refractivity contribution < 1.29 is 23.1 Å². The number of hydrogen-bond acceptors (Lipinski definition) is 4. The van der Waals surface area contributed by atoms with Crippen LogP contribution < -0.4 is 10.6 Å². The molecule has 1 atom stereocenters. The zero-order chi connectivity index (χ0) is 20.1. The van der Waals surface area contributed by atoms with Crippen molar-refractivity contribution in [3.63, 3.8) is 0 Å². The van der Waals surface area contributed by atoms with Gasteiger partial charge < -0.3 is 15.4 Å². The number of thioether (sulfide) groups is 1. The number of halogens is 3. The highest BCUT2D eigenvalue weighted by Crippen LogP contribution is 2.37. The Hall–Kier alpha value is -2.16. The van der Waals surface area contributed by atoms with Gasteiger partial charge in [-0.3, -0.25) is 9.59 Å². The van der Waals surface area contributed by atoms with Crippen LogP contribution in [0.4, 0.5) is 20.2 Å². The predicted octanol–water partition coefficient (Wildman–Crippen LogP) is 5.02. The molecule has 1 unspecified atom stereocenters. The second-order valence-corrected chi connectivity index (χ2v) is 7.43. The first-order valence-corrected chi connectivity index (χ1v) is 9.77. The van der Waals surface area contributed by atoms with Crippen molar-refractivity contribution >= 4 is 46.6 Å². The molecule has 1 heterocycles. The van der Waals surface area contributed by atoms with Crippen molar-refractivity contribution in [3.8, 4) is 0 Å². The first-order valence-electron chi connectivity index (χ1n) is 8.51. The Labute approximate surface area is 169 Å². The maximum Gasteiger partial charge on any atom is 0.289 e. The second kappa shape index (κ2) is 9.36. The smallest absolute Gasteiger partial charge is 0.289 e. The van der Waals surface area contributed by atoms with Gasteiger partial charge in [-0.25, -0.2) is 0 Å². The summed E-state index contributed by atoms with van der Waals surface area (Å²) in [4.78, 5) is 24.8. The molecule has 1 aliphatic rings. The number of alkyl halides is 2. The second-order valence-electron chi connectivity index (χ2n) is 6.02. The van der Waals surface area contributed by atoms with Crippen molar-refractivity contribution in [2.24, 2.45) is 0 Å². The molecule has 1 aliphatic heterocycles. The Kier molecular flexibility index (Phi) is 6.88. The van der Waals surface area contributed by atoms with Crippen LogP contribution in [0, 0.1) is 0 Å². The van der Waals surface area contributed by atoms with Crippen LogP contribution in [0.25, 0.3) is 0 Å². The molecule has 0 spiro atoms. The average molecular weight is 427 g/mol. The lowest BCUT2D eigenvalue weighted by Gasteiger charge is -2.13. The Balaban J connectivity index is 1.73. The molecule has 0 radical (unpaired) electrons. The summed E-state index contributed by atoms with van der Waals surface area (Å²) in [5, 5.41) is 5.44. The SMILES string of the molecule is O=C(Nc1cccc(Cl)c1SC(F)F)c1cccc(NC(=O)C2CCCO2)c1. The third-order valence-corrected chi connectivity index (χ3v) is 5.32. The summed E-state index contributed by atoms with van der Waals surface area (Å²) in [6, 6.07) is 10.9. The number of carbonyl (C=O) groups excluding carboxylic acids is 2.